The first-order chi connectivity index (χ1) is 6.81. The Bertz CT molecular complexity index is 186. The highest BCUT2D eigenvalue weighted by Gasteiger charge is 2.34. The van der Waals surface area contributed by atoms with Gasteiger partial charge in [-0.2, -0.15) is 0 Å². The molecule has 2 unspecified atom stereocenters. The van der Waals surface area contributed by atoms with E-state index in [-0.39, 0.29) is 6.10 Å². The first kappa shape index (κ1) is 10.4. The van der Waals surface area contributed by atoms with E-state index in [1.54, 1.807) is 0 Å². The van der Waals surface area contributed by atoms with Crippen LogP contribution < -0.4 is 0 Å². The SMILES string of the molecule is COC1CCCC1N1CCC[C@H](O)C1. The summed E-state index contributed by atoms with van der Waals surface area (Å²) in [7, 11) is 1.81. The minimum Gasteiger partial charge on any atom is -0.392 e. The minimum absolute atomic E-state index is 0.109. The minimum atomic E-state index is -0.109. The second-order valence-electron chi connectivity index (χ2n) is 4.56. The van der Waals surface area contributed by atoms with Gasteiger partial charge in [0, 0.05) is 19.7 Å². The Morgan fingerprint density at radius 3 is 2.79 bits per heavy atom. The highest BCUT2D eigenvalue weighted by atomic mass is 16.5. The molecule has 0 radical (unpaired) electrons. The van der Waals surface area contributed by atoms with Gasteiger partial charge in [0.1, 0.15) is 0 Å². The van der Waals surface area contributed by atoms with Crippen LogP contribution in [0.5, 0.6) is 0 Å². The van der Waals surface area contributed by atoms with Crippen molar-refractivity contribution in [3.63, 3.8) is 0 Å². The van der Waals surface area contributed by atoms with Gasteiger partial charge in [0.05, 0.1) is 12.2 Å². The molecule has 3 atom stereocenters. The van der Waals surface area contributed by atoms with Crippen molar-refractivity contribution in [2.45, 2.75) is 50.4 Å². The number of likely N-dealkylation sites (tertiary alicyclic amines) is 1. The van der Waals surface area contributed by atoms with Gasteiger partial charge < -0.3 is 9.84 Å². The van der Waals surface area contributed by atoms with Crippen LogP contribution in [0.1, 0.15) is 32.1 Å². The van der Waals surface area contributed by atoms with Crippen molar-refractivity contribution < 1.29 is 9.84 Å². The molecule has 1 aliphatic carbocycles. The number of hydrogen-bond acceptors (Lipinski definition) is 3. The quantitative estimate of drug-likeness (QED) is 0.720. The molecule has 1 saturated heterocycles. The van der Waals surface area contributed by atoms with Gasteiger partial charge in [-0.05, 0) is 38.6 Å². The summed E-state index contributed by atoms with van der Waals surface area (Å²) in [5.41, 5.74) is 0. The van der Waals surface area contributed by atoms with Gasteiger partial charge >= 0.3 is 0 Å². The number of aliphatic hydroxyl groups is 1. The molecular formula is C11H21NO2. The van der Waals surface area contributed by atoms with Crippen LogP contribution in [0.4, 0.5) is 0 Å². The van der Waals surface area contributed by atoms with Crippen molar-refractivity contribution in [3.8, 4) is 0 Å². The predicted molar refractivity (Wildman–Crippen MR) is 55.2 cm³/mol. The van der Waals surface area contributed by atoms with Gasteiger partial charge in [0.2, 0.25) is 0 Å². The van der Waals surface area contributed by atoms with Gasteiger partial charge in [-0.25, -0.2) is 0 Å². The summed E-state index contributed by atoms with van der Waals surface area (Å²) in [4.78, 5) is 2.43. The number of aliphatic hydroxyl groups excluding tert-OH is 1. The van der Waals surface area contributed by atoms with E-state index in [1.807, 2.05) is 7.11 Å². The van der Waals surface area contributed by atoms with Crippen molar-refractivity contribution >= 4 is 0 Å². The van der Waals surface area contributed by atoms with E-state index in [4.69, 9.17) is 4.74 Å². The number of rotatable bonds is 2. The first-order valence-corrected chi connectivity index (χ1v) is 5.76. The van der Waals surface area contributed by atoms with Crippen LogP contribution in [0, 0.1) is 0 Å². The molecule has 1 aliphatic heterocycles. The number of methoxy groups -OCH3 is 1. The van der Waals surface area contributed by atoms with Gasteiger partial charge in [0.15, 0.2) is 0 Å². The lowest BCUT2D eigenvalue weighted by Gasteiger charge is -2.37. The maximum absolute atomic E-state index is 9.62. The monoisotopic (exact) mass is 199 g/mol. The molecule has 0 aromatic heterocycles. The molecule has 0 bridgehead atoms. The Hall–Kier alpha value is -0.120. The summed E-state index contributed by atoms with van der Waals surface area (Å²) in [6, 6.07) is 0.565. The molecule has 1 N–H and O–H groups in total. The van der Waals surface area contributed by atoms with Crippen molar-refractivity contribution in [2.24, 2.45) is 0 Å². The zero-order valence-corrected chi connectivity index (χ0v) is 8.98. The van der Waals surface area contributed by atoms with Crippen LogP contribution >= 0.6 is 0 Å². The first-order valence-electron chi connectivity index (χ1n) is 5.76. The topological polar surface area (TPSA) is 32.7 Å². The number of piperidine rings is 1. The third-order valence-corrected chi connectivity index (χ3v) is 3.62. The van der Waals surface area contributed by atoms with E-state index in [2.05, 4.69) is 4.90 Å². The standard InChI is InChI=1S/C11H21NO2/c1-14-11-6-2-5-10(11)12-7-3-4-9(13)8-12/h9-11,13H,2-8H2,1H3/t9-,10?,11?/m0/s1. The average Bonchev–Trinajstić information content (AvgIpc) is 2.65. The molecule has 2 rings (SSSR count). The highest BCUT2D eigenvalue weighted by molar-refractivity contribution is 4.88. The van der Waals surface area contributed by atoms with Gasteiger partial charge in [-0.15, -0.1) is 0 Å². The molecule has 3 heteroatoms. The van der Waals surface area contributed by atoms with Crippen LogP contribution in [0.25, 0.3) is 0 Å². The normalized spacial score (nSPS) is 40.3. The zero-order valence-electron chi connectivity index (χ0n) is 8.98. The van der Waals surface area contributed by atoms with E-state index >= 15 is 0 Å². The van der Waals surface area contributed by atoms with Crippen molar-refractivity contribution in [1.82, 2.24) is 4.90 Å². The van der Waals surface area contributed by atoms with Gasteiger partial charge in [-0.1, -0.05) is 0 Å². The van der Waals surface area contributed by atoms with Gasteiger partial charge in [-0.3, -0.25) is 4.90 Å². The van der Waals surface area contributed by atoms with Crippen LogP contribution in [0.2, 0.25) is 0 Å². The summed E-state index contributed by atoms with van der Waals surface area (Å²) >= 11 is 0. The molecule has 1 heterocycles. The smallest absolute Gasteiger partial charge is 0.0726 e. The molecule has 14 heavy (non-hydrogen) atoms. The molecule has 2 fully saturated rings. The Balaban J connectivity index is 1.92. The van der Waals surface area contributed by atoms with Crippen LogP contribution in [0.3, 0.4) is 0 Å². The number of ether oxygens (including phenoxy) is 1. The Morgan fingerprint density at radius 1 is 1.21 bits per heavy atom. The molecule has 1 saturated carbocycles. The molecule has 0 amide bonds. The Labute approximate surface area is 86.0 Å². The fourth-order valence-electron chi connectivity index (χ4n) is 2.88. The number of β-amino-alcohol motifs (C(OH)–C–C–N with tert-alkyl or cyclic N) is 1. The summed E-state index contributed by atoms with van der Waals surface area (Å²) < 4.78 is 5.49. The third kappa shape index (κ3) is 2.10. The highest BCUT2D eigenvalue weighted by Crippen LogP contribution is 2.28. The summed E-state index contributed by atoms with van der Waals surface area (Å²) in [6.45, 7) is 1.99. The third-order valence-electron chi connectivity index (χ3n) is 3.62. The molecular weight excluding hydrogens is 178 g/mol. The maximum Gasteiger partial charge on any atom is 0.0726 e. The van der Waals surface area contributed by atoms with Crippen LogP contribution in [0.15, 0.2) is 0 Å². The lowest BCUT2D eigenvalue weighted by Crippen LogP contribution is -2.48. The second kappa shape index (κ2) is 4.60. The zero-order chi connectivity index (χ0) is 9.97. The molecule has 82 valence electrons. The van der Waals surface area contributed by atoms with Crippen molar-refractivity contribution in [3.05, 3.63) is 0 Å². The molecule has 0 aromatic carbocycles. The van der Waals surface area contributed by atoms with E-state index in [1.165, 1.54) is 19.3 Å². The van der Waals surface area contributed by atoms with E-state index in [9.17, 15) is 5.11 Å². The predicted octanol–water partition coefficient (Wildman–Crippen LogP) is 1.01. The summed E-state index contributed by atoms with van der Waals surface area (Å²) in [6.07, 6.45) is 6.10. The van der Waals surface area contributed by atoms with Crippen LogP contribution in [-0.2, 0) is 4.74 Å². The number of nitrogens with zero attached hydrogens (tertiary/aromatic N) is 1. The maximum atomic E-state index is 9.62. The lowest BCUT2D eigenvalue weighted by atomic mass is 10.0. The molecule has 0 spiro atoms. The number of hydrogen-bond donors (Lipinski definition) is 1. The fraction of sp³-hybridized carbons (Fsp3) is 1.00. The fourth-order valence-corrected chi connectivity index (χ4v) is 2.88. The Kier molecular flexibility index (Phi) is 3.42. The largest absolute Gasteiger partial charge is 0.392 e. The molecule has 0 aromatic rings. The second-order valence-corrected chi connectivity index (χ2v) is 4.56. The Morgan fingerprint density at radius 2 is 2.07 bits per heavy atom. The molecule has 2 aliphatic rings. The van der Waals surface area contributed by atoms with Gasteiger partial charge in [0.25, 0.3) is 0 Å². The summed E-state index contributed by atoms with van der Waals surface area (Å²) in [5.74, 6) is 0. The lowest BCUT2D eigenvalue weighted by molar-refractivity contribution is -0.00729. The van der Waals surface area contributed by atoms with Crippen LogP contribution in [-0.4, -0.2) is 48.5 Å². The van der Waals surface area contributed by atoms with E-state index in [0.717, 1.165) is 25.9 Å². The summed E-state index contributed by atoms with van der Waals surface area (Å²) in [5, 5.41) is 9.62. The van der Waals surface area contributed by atoms with E-state index in [0.29, 0.717) is 12.1 Å². The van der Waals surface area contributed by atoms with E-state index < -0.39 is 0 Å². The molecule has 3 nitrogen and oxygen atoms in total. The average molecular weight is 199 g/mol. The van der Waals surface area contributed by atoms with Crippen molar-refractivity contribution in [2.75, 3.05) is 20.2 Å². The van der Waals surface area contributed by atoms with Crippen molar-refractivity contribution in [1.29, 1.82) is 0 Å².